The zero-order valence-corrected chi connectivity index (χ0v) is 37.8. The molecule has 20 heteroatoms. The Hall–Kier alpha value is -7.48. The van der Waals surface area contributed by atoms with Crippen LogP contribution in [-0.4, -0.2) is 62.8 Å². The van der Waals surface area contributed by atoms with E-state index in [1.165, 1.54) is 56.2 Å². The molecular weight excluding hydrogens is 895 g/mol. The molecule has 0 spiro atoms. The Morgan fingerprint density at radius 2 is 0.970 bits per heavy atom. The summed E-state index contributed by atoms with van der Waals surface area (Å²) in [5.74, 6) is -1.80. The molecule has 354 valence electrons. The van der Waals surface area contributed by atoms with Crippen molar-refractivity contribution < 1.29 is 33.4 Å². The van der Waals surface area contributed by atoms with E-state index >= 15 is 0 Å². The number of hydrogen-bond donors (Lipinski definition) is 5. The lowest BCUT2D eigenvalue weighted by atomic mass is 10.1. The van der Waals surface area contributed by atoms with Gasteiger partial charge in [0, 0.05) is 53.9 Å². The van der Waals surface area contributed by atoms with Crippen molar-refractivity contribution in [2.24, 2.45) is 0 Å². The van der Waals surface area contributed by atoms with E-state index in [9.17, 15) is 51.9 Å². The van der Waals surface area contributed by atoms with Gasteiger partial charge in [0.2, 0.25) is 0 Å². The van der Waals surface area contributed by atoms with E-state index in [0.717, 1.165) is 17.4 Å². The van der Waals surface area contributed by atoms with E-state index in [4.69, 9.17) is 10.2 Å². The SMILES string of the molecule is Cc1cn(Cc2ccc(CCCC(=O)O)c(F)c2)c(=O)[nH]c1=O.Cc1cn(Cc2ccc(CCCC=O)c(F)c2)c(=O)[nH]c1=O.Cc1cn(Cc2ccc(CSCC(=O)O)cc2)c(=O)[nH]c1=O. The standard InChI is InChI=1S/C16H17FN2O4.C16H17FN2O3.C15H16N2O4S/c1-10-8-19(16(23)18-15(10)22)9-11-5-6-12(13(17)7-11)3-2-4-14(20)21;1-11-9-19(16(22)18-15(11)21)10-12-5-6-13(14(17)8-12)4-2-3-7-20;1-10-6-17(15(21)16-14(10)20)7-11-2-4-12(5-3-11)8-22-9-13(18)19/h5-8H,2-4,9H2,1H3,(H,20,21)(H,18,22,23);5-9H,2-4,10H2,1H3,(H,18,21,22);2-6H,7-9H2,1H3,(H,18,19)(H,16,20,21). The van der Waals surface area contributed by atoms with E-state index < -0.39 is 45.9 Å². The number of unbranched alkanes of at least 4 members (excludes halogenated alkanes) is 1. The van der Waals surface area contributed by atoms with Gasteiger partial charge in [0.25, 0.3) is 16.7 Å². The van der Waals surface area contributed by atoms with E-state index in [1.807, 2.05) is 24.3 Å². The minimum Gasteiger partial charge on any atom is -0.481 e. The van der Waals surface area contributed by atoms with Crippen LogP contribution < -0.4 is 33.7 Å². The van der Waals surface area contributed by atoms with Gasteiger partial charge in [0.1, 0.15) is 17.9 Å². The molecule has 0 atom stereocenters. The van der Waals surface area contributed by atoms with Gasteiger partial charge in [0.05, 0.1) is 25.4 Å². The Balaban J connectivity index is 0.000000219. The average Bonchev–Trinajstić information content (AvgIpc) is 3.26. The predicted molar refractivity (Wildman–Crippen MR) is 248 cm³/mol. The van der Waals surface area contributed by atoms with Crippen LogP contribution in [0.3, 0.4) is 0 Å². The van der Waals surface area contributed by atoms with Gasteiger partial charge in [-0.1, -0.05) is 48.5 Å². The van der Waals surface area contributed by atoms with Gasteiger partial charge in [-0.15, -0.1) is 11.8 Å². The molecule has 0 unspecified atom stereocenters. The van der Waals surface area contributed by atoms with Crippen molar-refractivity contribution in [3.63, 3.8) is 0 Å². The van der Waals surface area contributed by atoms with Crippen LogP contribution in [0.15, 0.2) is 108 Å². The number of carboxylic acid groups (broad SMARTS) is 2. The highest BCUT2D eigenvalue weighted by molar-refractivity contribution is 7.99. The fourth-order valence-electron chi connectivity index (χ4n) is 6.38. The Kier molecular flexibility index (Phi) is 19.7. The van der Waals surface area contributed by atoms with Gasteiger partial charge in [-0.2, -0.15) is 0 Å². The van der Waals surface area contributed by atoms with Gasteiger partial charge >= 0.3 is 29.0 Å². The molecule has 3 heterocycles. The molecule has 0 radical (unpaired) electrons. The first-order chi connectivity index (χ1) is 31.8. The Bertz CT molecular complexity index is 3060. The summed E-state index contributed by atoms with van der Waals surface area (Å²) in [6, 6.07) is 17.0. The number of thioether (sulfide) groups is 1. The first kappa shape index (κ1) is 52.1. The maximum Gasteiger partial charge on any atom is 0.328 e. The normalized spacial score (nSPS) is 10.6. The molecule has 6 aromatic rings. The summed E-state index contributed by atoms with van der Waals surface area (Å²) in [6.07, 6.45) is 7.47. The second-order valence-electron chi connectivity index (χ2n) is 15.5. The van der Waals surface area contributed by atoms with Gasteiger partial charge in [-0.05, 0) is 92.0 Å². The molecule has 0 aliphatic carbocycles. The maximum absolute atomic E-state index is 14.0. The lowest BCUT2D eigenvalue weighted by molar-refractivity contribution is -0.137. The number of halogens is 2. The number of aromatic nitrogens is 6. The summed E-state index contributed by atoms with van der Waals surface area (Å²) in [5, 5.41) is 17.2. The van der Waals surface area contributed by atoms with Crippen LogP contribution in [0.2, 0.25) is 0 Å². The molecule has 0 fully saturated rings. The molecule has 0 saturated heterocycles. The zero-order chi connectivity index (χ0) is 49.2. The molecule has 5 N–H and O–H groups in total. The summed E-state index contributed by atoms with van der Waals surface area (Å²) in [4.78, 5) is 107. The number of carboxylic acids is 2. The van der Waals surface area contributed by atoms with Crippen LogP contribution in [0.4, 0.5) is 8.78 Å². The molecule has 0 saturated carbocycles. The van der Waals surface area contributed by atoms with Gasteiger partial charge in [-0.3, -0.25) is 52.6 Å². The van der Waals surface area contributed by atoms with Crippen LogP contribution in [-0.2, 0) is 52.6 Å². The molecule has 0 aliphatic rings. The quantitative estimate of drug-likeness (QED) is 0.0600. The topological polar surface area (TPSA) is 256 Å². The first-order valence-corrected chi connectivity index (χ1v) is 22.0. The number of rotatable bonds is 18. The monoisotopic (exact) mass is 944 g/mol. The van der Waals surface area contributed by atoms with Crippen molar-refractivity contribution in [1.82, 2.24) is 28.7 Å². The number of aliphatic carboxylic acids is 2. The van der Waals surface area contributed by atoms with Crippen molar-refractivity contribution in [3.8, 4) is 0 Å². The fraction of sp³-hybridized carbons (Fsp3) is 0.298. The fourth-order valence-corrected chi connectivity index (χ4v) is 7.09. The third-order valence-corrected chi connectivity index (χ3v) is 11.0. The van der Waals surface area contributed by atoms with Crippen LogP contribution in [0.25, 0.3) is 0 Å². The number of aldehydes is 1. The molecule has 0 bridgehead atoms. The summed E-state index contributed by atoms with van der Waals surface area (Å²) in [7, 11) is 0. The highest BCUT2D eigenvalue weighted by Gasteiger charge is 2.10. The largest absolute Gasteiger partial charge is 0.481 e. The summed E-state index contributed by atoms with van der Waals surface area (Å²) in [6.45, 7) is 5.54. The Morgan fingerprint density at radius 1 is 0.582 bits per heavy atom. The Morgan fingerprint density at radius 3 is 1.36 bits per heavy atom. The highest BCUT2D eigenvalue weighted by atomic mass is 32.2. The van der Waals surface area contributed by atoms with Crippen LogP contribution in [0.1, 0.15) is 75.8 Å². The summed E-state index contributed by atoms with van der Waals surface area (Å²) < 4.78 is 32.1. The number of aryl methyl sites for hydroxylation is 5. The molecule has 3 aromatic carbocycles. The number of nitrogens with zero attached hydrogens (tertiary/aromatic N) is 3. The molecule has 67 heavy (non-hydrogen) atoms. The van der Waals surface area contributed by atoms with Crippen molar-refractivity contribution >= 4 is 30.0 Å². The number of benzene rings is 3. The van der Waals surface area contributed by atoms with E-state index in [2.05, 4.69) is 15.0 Å². The average molecular weight is 945 g/mol. The molecule has 0 aliphatic heterocycles. The van der Waals surface area contributed by atoms with Crippen LogP contribution in [0.5, 0.6) is 0 Å². The first-order valence-electron chi connectivity index (χ1n) is 20.8. The number of nitrogens with one attached hydrogen (secondary N) is 3. The number of carbonyl (C=O) groups excluding carboxylic acids is 1. The van der Waals surface area contributed by atoms with Crippen molar-refractivity contribution in [1.29, 1.82) is 0 Å². The molecule has 3 aromatic heterocycles. The van der Waals surface area contributed by atoms with E-state index in [0.29, 0.717) is 83.3 Å². The minimum absolute atomic E-state index is 0.00671. The van der Waals surface area contributed by atoms with E-state index in [1.54, 1.807) is 45.0 Å². The second kappa shape index (κ2) is 25.3. The van der Waals surface area contributed by atoms with Crippen molar-refractivity contribution in [3.05, 3.63) is 203 Å². The number of carbonyl (C=O) groups is 3. The minimum atomic E-state index is -0.908. The highest BCUT2D eigenvalue weighted by Crippen LogP contribution is 2.16. The molecule has 6 rings (SSSR count). The summed E-state index contributed by atoms with van der Waals surface area (Å²) >= 11 is 1.34. The Labute approximate surface area is 384 Å². The number of H-pyrrole nitrogens is 3. The lowest BCUT2D eigenvalue weighted by Gasteiger charge is -2.08. The van der Waals surface area contributed by atoms with Gasteiger partial charge in [0.15, 0.2) is 0 Å². The van der Waals surface area contributed by atoms with Gasteiger partial charge < -0.3 is 15.0 Å². The summed E-state index contributed by atoms with van der Waals surface area (Å²) in [5.41, 5.74) is 2.74. The molecular formula is C47H50F2N6O11S. The number of aromatic amines is 3. The smallest absolute Gasteiger partial charge is 0.328 e. The maximum atomic E-state index is 14.0. The molecule has 17 nitrogen and oxygen atoms in total. The van der Waals surface area contributed by atoms with Crippen molar-refractivity contribution in [2.45, 2.75) is 84.7 Å². The van der Waals surface area contributed by atoms with Crippen LogP contribution in [0, 0.1) is 32.4 Å². The zero-order valence-electron chi connectivity index (χ0n) is 36.9. The third kappa shape index (κ3) is 16.8. The number of hydrogen-bond acceptors (Lipinski definition) is 10. The lowest BCUT2D eigenvalue weighted by Crippen LogP contribution is -2.31. The third-order valence-electron chi connectivity index (χ3n) is 9.98. The van der Waals surface area contributed by atoms with E-state index in [-0.39, 0.29) is 36.6 Å². The van der Waals surface area contributed by atoms with Crippen LogP contribution >= 0.6 is 11.8 Å². The second-order valence-corrected chi connectivity index (χ2v) is 16.4. The van der Waals surface area contributed by atoms with Crippen molar-refractivity contribution in [2.75, 3.05) is 5.75 Å². The molecule has 0 amide bonds. The van der Waals surface area contributed by atoms with Gasteiger partial charge in [-0.25, -0.2) is 23.2 Å². The predicted octanol–water partition coefficient (Wildman–Crippen LogP) is 4.20.